The SMILES string of the molecule is CC(=O)N1CCC(Nc2nc(C(F)(F)F)nc3c(NC[C@H](O)CN4CCc5ccccc5C4)nn(C4CCCCO4)c23)CC1. The van der Waals surface area contributed by atoms with E-state index in [0.29, 0.717) is 51.0 Å². The monoisotopic (exact) mass is 616 g/mol. The first-order valence-electron chi connectivity index (χ1n) is 15.4. The van der Waals surface area contributed by atoms with Crippen LogP contribution < -0.4 is 10.6 Å². The van der Waals surface area contributed by atoms with Gasteiger partial charge in [0.1, 0.15) is 11.0 Å². The second kappa shape index (κ2) is 12.9. The molecular weight excluding hydrogens is 577 g/mol. The van der Waals surface area contributed by atoms with Gasteiger partial charge in [-0.3, -0.25) is 9.69 Å². The molecule has 5 heterocycles. The van der Waals surface area contributed by atoms with E-state index in [4.69, 9.17) is 4.74 Å². The normalized spacial score (nSPS) is 20.8. The van der Waals surface area contributed by atoms with E-state index in [0.717, 1.165) is 32.4 Å². The van der Waals surface area contributed by atoms with Crippen LogP contribution in [0.4, 0.5) is 24.8 Å². The highest BCUT2D eigenvalue weighted by Gasteiger charge is 2.38. The number of aliphatic hydroxyl groups is 1. The number of hydrogen-bond donors (Lipinski definition) is 3. The molecule has 0 radical (unpaired) electrons. The van der Waals surface area contributed by atoms with Gasteiger partial charge in [-0.15, -0.1) is 5.10 Å². The van der Waals surface area contributed by atoms with Gasteiger partial charge < -0.3 is 25.4 Å². The molecule has 14 heteroatoms. The van der Waals surface area contributed by atoms with E-state index in [1.54, 1.807) is 9.58 Å². The fourth-order valence-corrected chi connectivity index (χ4v) is 6.33. The molecule has 0 spiro atoms. The first-order chi connectivity index (χ1) is 21.2. The second-order valence-corrected chi connectivity index (χ2v) is 11.9. The van der Waals surface area contributed by atoms with Crippen LogP contribution in [0, 0.1) is 0 Å². The molecule has 44 heavy (non-hydrogen) atoms. The molecule has 3 aromatic rings. The third-order valence-electron chi connectivity index (χ3n) is 8.69. The Balaban J connectivity index is 1.27. The molecule has 6 rings (SSSR count). The number of rotatable bonds is 8. The van der Waals surface area contributed by atoms with E-state index >= 15 is 0 Å². The van der Waals surface area contributed by atoms with Crippen molar-refractivity contribution in [3.05, 3.63) is 41.2 Å². The molecule has 2 aromatic heterocycles. The number of aromatic nitrogens is 4. The van der Waals surface area contributed by atoms with Gasteiger partial charge in [-0.05, 0) is 49.7 Å². The Kier molecular flexibility index (Phi) is 8.92. The number of ether oxygens (including phenoxy) is 1. The Morgan fingerprint density at radius 1 is 1.09 bits per heavy atom. The Morgan fingerprint density at radius 2 is 1.86 bits per heavy atom. The number of anilines is 2. The van der Waals surface area contributed by atoms with E-state index < -0.39 is 24.3 Å². The van der Waals surface area contributed by atoms with Crippen LogP contribution in [0.2, 0.25) is 0 Å². The zero-order valence-corrected chi connectivity index (χ0v) is 24.8. The zero-order valence-electron chi connectivity index (χ0n) is 24.8. The number of likely N-dealkylation sites (tertiary alicyclic amines) is 1. The summed E-state index contributed by atoms with van der Waals surface area (Å²) in [4.78, 5) is 23.6. The van der Waals surface area contributed by atoms with Crippen LogP contribution in [0.5, 0.6) is 0 Å². The molecule has 3 aliphatic rings. The van der Waals surface area contributed by atoms with Crippen LogP contribution in [-0.2, 0) is 28.7 Å². The number of nitrogens with one attached hydrogen (secondary N) is 2. The van der Waals surface area contributed by atoms with Gasteiger partial charge in [0.05, 0.1) is 6.10 Å². The number of amides is 1. The van der Waals surface area contributed by atoms with Gasteiger partial charge >= 0.3 is 6.18 Å². The molecule has 0 saturated carbocycles. The van der Waals surface area contributed by atoms with Crippen molar-refractivity contribution in [3.63, 3.8) is 0 Å². The molecule has 1 amide bonds. The molecular formula is C30H39F3N8O3. The lowest BCUT2D eigenvalue weighted by molar-refractivity contribution is -0.144. The first kappa shape index (κ1) is 30.5. The van der Waals surface area contributed by atoms with Crippen LogP contribution >= 0.6 is 0 Å². The maximum absolute atomic E-state index is 14.1. The summed E-state index contributed by atoms with van der Waals surface area (Å²) in [5.74, 6) is -1.12. The molecule has 3 aliphatic heterocycles. The summed E-state index contributed by atoms with van der Waals surface area (Å²) in [6.45, 7) is 5.06. The minimum absolute atomic E-state index is 0.0178. The van der Waals surface area contributed by atoms with Crippen LogP contribution in [-0.4, -0.2) is 92.0 Å². The van der Waals surface area contributed by atoms with Crippen LogP contribution in [0.25, 0.3) is 11.0 Å². The lowest BCUT2D eigenvalue weighted by Gasteiger charge is -2.32. The van der Waals surface area contributed by atoms with Crippen LogP contribution in [0.15, 0.2) is 24.3 Å². The topological polar surface area (TPSA) is 121 Å². The average Bonchev–Trinajstić information content (AvgIpc) is 3.39. The lowest BCUT2D eigenvalue weighted by Crippen LogP contribution is -2.41. The predicted octanol–water partition coefficient (Wildman–Crippen LogP) is 3.80. The third kappa shape index (κ3) is 6.76. The summed E-state index contributed by atoms with van der Waals surface area (Å²) in [5.41, 5.74) is 2.89. The Morgan fingerprint density at radius 3 is 2.57 bits per heavy atom. The molecule has 2 saturated heterocycles. The van der Waals surface area contributed by atoms with E-state index in [1.807, 2.05) is 12.1 Å². The molecule has 2 atom stereocenters. The number of benzene rings is 1. The molecule has 238 valence electrons. The standard InChI is InChI=1S/C30H39F3N8O3/c1-19(42)40-13-10-22(11-14-40)35-28-26-25(36-29(37-28)30(31,32)33)27(38-41(26)24-8-4-5-15-44-24)34-16-23(43)18-39-12-9-20-6-2-3-7-21(20)17-39/h2-3,6-7,22-24,43H,4-5,8-18H2,1H3,(H,34,38)(H,35,36,37)/t23-,24?/m0/s1. The summed E-state index contributed by atoms with van der Waals surface area (Å²) in [6.07, 6.45) is -1.60. The highest BCUT2D eigenvalue weighted by atomic mass is 19.4. The molecule has 3 N–H and O–H groups in total. The fourth-order valence-electron chi connectivity index (χ4n) is 6.33. The van der Waals surface area contributed by atoms with Crippen molar-refractivity contribution in [3.8, 4) is 0 Å². The number of halogens is 3. The fraction of sp³-hybridized carbons (Fsp3) is 0.600. The van der Waals surface area contributed by atoms with Gasteiger partial charge in [0.15, 0.2) is 17.9 Å². The van der Waals surface area contributed by atoms with Gasteiger partial charge in [-0.25, -0.2) is 14.6 Å². The number of carbonyl (C=O) groups is 1. The number of hydrogen-bond acceptors (Lipinski definition) is 9. The average molecular weight is 617 g/mol. The summed E-state index contributed by atoms with van der Waals surface area (Å²) < 4.78 is 49.8. The molecule has 1 unspecified atom stereocenters. The summed E-state index contributed by atoms with van der Waals surface area (Å²) >= 11 is 0. The highest BCUT2D eigenvalue weighted by molar-refractivity contribution is 5.94. The smallest absolute Gasteiger partial charge is 0.390 e. The summed E-state index contributed by atoms with van der Waals surface area (Å²) in [7, 11) is 0. The van der Waals surface area contributed by atoms with Crippen molar-refractivity contribution >= 4 is 28.6 Å². The van der Waals surface area contributed by atoms with E-state index in [9.17, 15) is 23.1 Å². The van der Waals surface area contributed by atoms with E-state index in [2.05, 4.69) is 42.7 Å². The van der Waals surface area contributed by atoms with E-state index in [-0.39, 0.29) is 35.6 Å². The Hall–Kier alpha value is -3.49. The minimum atomic E-state index is -4.78. The minimum Gasteiger partial charge on any atom is -0.390 e. The molecule has 11 nitrogen and oxygen atoms in total. The number of carbonyl (C=O) groups excluding carboxylic acids is 1. The Bertz CT molecular complexity index is 1470. The van der Waals surface area contributed by atoms with Gasteiger partial charge in [0.2, 0.25) is 11.7 Å². The number of alkyl halides is 3. The summed E-state index contributed by atoms with van der Waals surface area (Å²) in [6, 6.07) is 8.06. The largest absolute Gasteiger partial charge is 0.451 e. The van der Waals surface area contributed by atoms with Gasteiger partial charge in [0, 0.05) is 58.8 Å². The van der Waals surface area contributed by atoms with Gasteiger partial charge in [-0.1, -0.05) is 24.3 Å². The maximum atomic E-state index is 14.1. The quantitative estimate of drug-likeness (QED) is 0.347. The van der Waals surface area contributed by atoms with Crippen LogP contribution in [0.3, 0.4) is 0 Å². The van der Waals surface area contributed by atoms with Crippen molar-refractivity contribution in [1.29, 1.82) is 0 Å². The molecule has 0 aliphatic carbocycles. The Labute approximate surface area is 253 Å². The number of fused-ring (bicyclic) bond motifs is 2. The van der Waals surface area contributed by atoms with Crippen molar-refractivity contribution in [1.82, 2.24) is 29.5 Å². The zero-order chi connectivity index (χ0) is 30.8. The van der Waals surface area contributed by atoms with Crippen molar-refractivity contribution in [2.75, 3.05) is 50.0 Å². The molecule has 1 aromatic carbocycles. The van der Waals surface area contributed by atoms with Crippen molar-refractivity contribution < 1.29 is 27.8 Å². The van der Waals surface area contributed by atoms with Crippen molar-refractivity contribution in [2.45, 2.75) is 76.5 Å². The highest BCUT2D eigenvalue weighted by Crippen LogP contribution is 2.37. The number of piperidine rings is 1. The molecule has 2 fully saturated rings. The molecule has 0 bridgehead atoms. The lowest BCUT2D eigenvalue weighted by atomic mass is 10.00. The van der Waals surface area contributed by atoms with Gasteiger partial charge in [0.25, 0.3) is 0 Å². The maximum Gasteiger partial charge on any atom is 0.451 e. The number of aliphatic hydroxyl groups excluding tert-OH is 1. The van der Waals surface area contributed by atoms with Crippen molar-refractivity contribution in [2.24, 2.45) is 0 Å². The van der Waals surface area contributed by atoms with Gasteiger partial charge in [-0.2, -0.15) is 13.2 Å². The van der Waals surface area contributed by atoms with E-state index in [1.165, 1.54) is 18.1 Å². The second-order valence-electron chi connectivity index (χ2n) is 11.9. The third-order valence-corrected chi connectivity index (χ3v) is 8.69. The number of nitrogens with zero attached hydrogens (tertiary/aromatic N) is 6. The summed E-state index contributed by atoms with van der Waals surface area (Å²) in [5, 5.41) is 21.9. The van der Waals surface area contributed by atoms with Crippen LogP contribution in [0.1, 0.15) is 62.2 Å². The number of β-amino-alcohol motifs (C(OH)–C–C–N with tert-alkyl or cyclic N) is 1. The predicted molar refractivity (Wildman–Crippen MR) is 158 cm³/mol. The first-order valence-corrected chi connectivity index (χ1v) is 15.4.